The van der Waals surface area contributed by atoms with E-state index >= 15 is 0 Å². The minimum absolute atomic E-state index is 0.450. The molecule has 0 radical (unpaired) electrons. The van der Waals surface area contributed by atoms with Gasteiger partial charge in [0, 0.05) is 25.0 Å². The number of aryl methyl sites for hydroxylation is 1. The average Bonchev–Trinajstić information content (AvgIpc) is 2.63. The summed E-state index contributed by atoms with van der Waals surface area (Å²) < 4.78 is 0. The lowest BCUT2D eigenvalue weighted by molar-refractivity contribution is 0.271. The van der Waals surface area contributed by atoms with Crippen LogP contribution in [0.3, 0.4) is 0 Å². The average molecular weight is 225 g/mol. The van der Waals surface area contributed by atoms with Crippen LogP contribution in [0.1, 0.15) is 25.5 Å². The van der Waals surface area contributed by atoms with Gasteiger partial charge in [-0.05, 0) is 25.2 Å². The normalized spacial score (nSPS) is 25.0. The van der Waals surface area contributed by atoms with Crippen LogP contribution in [0, 0.1) is 5.92 Å². The number of thiazole rings is 1. The largest absolute Gasteiger partial charge is 0.351 e. The maximum absolute atomic E-state index is 5.78. The molecule has 0 unspecified atom stereocenters. The Labute approximate surface area is 95.3 Å². The third-order valence-electron chi connectivity index (χ3n) is 3.03. The Bertz CT molecular complexity index is 317. The fraction of sp³-hybridized carbons (Fsp3) is 0.727. The SMILES string of the molecule is CCc1csc(N(C)CC2CC(N)C2)n1. The zero-order valence-corrected chi connectivity index (χ0v) is 10.3. The second-order valence-electron chi connectivity index (χ2n) is 4.45. The number of aromatic nitrogens is 1. The van der Waals surface area contributed by atoms with Crippen LogP contribution < -0.4 is 10.6 Å². The lowest BCUT2D eigenvalue weighted by Gasteiger charge is -2.35. The summed E-state index contributed by atoms with van der Waals surface area (Å²) in [6.07, 6.45) is 3.38. The molecule has 1 aromatic rings. The van der Waals surface area contributed by atoms with Crippen LogP contribution in [0.15, 0.2) is 5.38 Å². The Morgan fingerprint density at radius 1 is 1.60 bits per heavy atom. The summed E-state index contributed by atoms with van der Waals surface area (Å²) in [5.74, 6) is 0.777. The first-order valence-corrected chi connectivity index (χ1v) is 6.48. The molecule has 2 rings (SSSR count). The molecule has 3 nitrogen and oxygen atoms in total. The van der Waals surface area contributed by atoms with Crippen molar-refractivity contribution in [1.29, 1.82) is 0 Å². The van der Waals surface area contributed by atoms with Crippen molar-refractivity contribution in [2.45, 2.75) is 32.2 Å². The van der Waals surface area contributed by atoms with E-state index in [2.05, 4.69) is 29.2 Å². The molecule has 0 saturated heterocycles. The van der Waals surface area contributed by atoms with Gasteiger partial charge in [0.15, 0.2) is 5.13 Å². The fourth-order valence-electron chi connectivity index (χ4n) is 2.04. The van der Waals surface area contributed by atoms with Crippen LogP contribution in [0.2, 0.25) is 0 Å². The highest BCUT2D eigenvalue weighted by atomic mass is 32.1. The van der Waals surface area contributed by atoms with Gasteiger partial charge in [-0.25, -0.2) is 4.98 Å². The van der Waals surface area contributed by atoms with Crippen LogP contribution in [0.5, 0.6) is 0 Å². The summed E-state index contributed by atoms with van der Waals surface area (Å²) >= 11 is 1.74. The summed E-state index contributed by atoms with van der Waals surface area (Å²) in [7, 11) is 2.13. The van der Waals surface area contributed by atoms with Crippen molar-refractivity contribution in [2.75, 3.05) is 18.5 Å². The van der Waals surface area contributed by atoms with E-state index in [0.29, 0.717) is 6.04 Å². The summed E-state index contributed by atoms with van der Waals surface area (Å²) in [5, 5.41) is 3.30. The number of nitrogens with zero attached hydrogens (tertiary/aromatic N) is 2. The first kappa shape index (κ1) is 10.9. The monoisotopic (exact) mass is 225 g/mol. The Balaban J connectivity index is 1.87. The van der Waals surface area contributed by atoms with Crippen LogP contribution in [-0.4, -0.2) is 24.6 Å². The van der Waals surface area contributed by atoms with E-state index in [9.17, 15) is 0 Å². The fourth-order valence-corrected chi connectivity index (χ4v) is 2.92. The molecule has 84 valence electrons. The van der Waals surface area contributed by atoms with E-state index in [-0.39, 0.29) is 0 Å². The Morgan fingerprint density at radius 2 is 2.33 bits per heavy atom. The highest BCUT2D eigenvalue weighted by Gasteiger charge is 2.27. The molecule has 0 spiro atoms. The van der Waals surface area contributed by atoms with Crippen molar-refractivity contribution in [1.82, 2.24) is 4.98 Å². The molecular formula is C11H19N3S. The van der Waals surface area contributed by atoms with Gasteiger partial charge in [0.1, 0.15) is 0 Å². The molecule has 0 aliphatic heterocycles. The van der Waals surface area contributed by atoms with Crippen LogP contribution in [0.4, 0.5) is 5.13 Å². The van der Waals surface area contributed by atoms with Crippen molar-refractivity contribution in [2.24, 2.45) is 11.7 Å². The van der Waals surface area contributed by atoms with Gasteiger partial charge < -0.3 is 10.6 Å². The Hall–Kier alpha value is -0.610. The maximum atomic E-state index is 5.78. The van der Waals surface area contributed by atoms with Crippen molar-refractivity contribution in [3.8, 4) is 0 Å². The molecule has 0 aromatic carbocycles. The predicted molar refractivity (Wildman–Crippen MR) is 65.5 cm³/mol. The van der Waals surface area contributed by atoms with Crippen LogP contribution in [-0.2, 0) is 6.42 Å². The minimum Gasteiger partial charge on any atom is -0.351 e. The number of nitrogens with two attached hydrogens (primary N) is 1. The van der Waals surface area contributed by atoms with Gasteiger partial charge in [-0.15, -0.1) is 11.3 Å². The van der Waals surface area contributed by atoms with E-state index in [0.717, 1.165) is 24.0 Å². The maximum Gasteiger partial charge on any atom is 0.185 e. The predicted octanol–water partition coefficient (Wildman–Crippen LogP) is 1.88. The van der Waals surface area contributed by atoms with Crippen molar-refractivity contribution in [3.63, 3.8) is 0 Å². The molecule has 1 saturated carbocycles. The molecule has 0 bridgehead atoms. The molecule has 1 fully saturated rings. The standard InChI is InChI=1S/C11H19N3S/c1-3-10-7-15-11(13-10)14(2)6-8-4-9(12)5-8/h7-9H,3-6,12H2,1-2H3. The minimum atomic E-state index is 0.450. The summed E-state index contributed by atoms with van der Waals surface area (Å²) in [5.41, 5.74) is 6.98. The molecule has 0 atom stereocenters. The number of hydrogen-bond donors (Lipinski definition) is 1. The first-order chi connectivity index (χ1) is 7.19. The van der Waals surface area contributed by atoms with Crippen molar-refractivity contribution >= 4 is 16.5 Å². The van der Waals surface area contributed by atoms with Crippen molar-refractivity contribution < 1.29 is 0 Å². The zero-order valence-electron chi connectivity index (χ0n) is 9.44. The molecule has 2 N–H and O–H groups in total. The zero-order chi connectivity index (χ0) is 10.8. The molecule has 1 aromatic heterocycles. The number of rotatable bonds is 4. The lowest BCUT2D eigenvalue weighted by atomic mass is 9.81. The number of anilines is 1. The van der Waals surface area contributed by atoms with Crippen LogP contribution >= 0.6 is 11.3 Å². The molecule has 15 heavy (non-hydrogen) atoms. The van der Waals surface area contributed by atoms with Gasteiger partial charge in [-0.3, -0.25) is 0 Å². The van der Waals surface area contributed by atoms with E-state index in [4.69, 9.17) is 5.73 Å². The van der Waals surface area contributed by atoms with Gasteiger partial charge in [0.2, 0.25) is 0 Å². The van der Waals surface area contributed by atoms with Gasteiger partial charge in [-0.1, -0.05) is 6.92 Å². The molecule has 1 aliphatic carbocycles. The Kier molecular flexibility index (Phi) is 3.26. The lowest BCUT2D eigenvalue weighted by Crippen LogP contribution is -2.41. The second kappa shape index (κ2) is 4.49. The summed E-state index contributed by atoms with van der Waals surface area (Å²) in [4.78, 5) is 6.84. The highest BCUT2D eigenvalue weighted by molar-refractivity contribution is 7.13. The smallest absolute Gasteiger partial charge is 0.185 e. The van der Waals surface area contributed by atoms with E-state index in [1.54, 1.807) is 11.3 Å². The summed E-state index contributed by atoms with van der Waals surface area (Å²) in [6.45, 7) is 3.24. The van der Waals surface area contributed by atoms with Gasteiger partial charge in [0.25, 0.3) is 0 Å². The third kappa shape index (κ3) is 2.49. The molecule has 0 amide bonds. The van der Waals surface area contributed by atoms with Crippen molar-refractivity contribution in [3.05, 3.63) is 11.1 Å². The highest BCUT2D eigenvalue weighted by Crippen LogP contribution is 2.28. The van der Waals surface area contributed by atoms with Crippen LogP contribution in [0.25, 0.3) is 0 Å². The van der Waals surface area contributed by atoms with E-state index < -0.39 is 0 Å². The molecule has 1 aliphatic rings. The van der Waals surface area contributed by atoms with E-state index in [1.807, 2.05) is 0 Å². The third-order valence-corrected chi connectivity index (χ3v) is 4.04. The van der Waals surface area contributed by atoms with Gasteiger partial charge in [-0.2, -0.15) is 0 Å². The summed E-state index contributed by atoms with van der Waals surface area (Å²) in [6, 6.07) is 0.450. The van der Waals surface area contributed by atoms with Gasteiger partial charge in [0.05, 0.1) is 5.69 Å². The number of hydrogen-bond acceptors (Lipinski definition) is 4. The Morgan fingerprint density at radius 3 is 2.87 bits per heavy atom. The molecule has 1 heterocycles. The quantitative estimate of drug-likeness (QED) is 0.850. The second-order valence-corrected chi connectivity index (χ2v) is 5.29. The van der Waals surface area contributed by atoms with Gasteiger partial charge >= 0.3 is 0 Å². The topological polar surface area (TPSA) is 42.1 Å². The van der Waals surface area contributed by atoms with E-state index in [1.165, 1.54) is 18.5 Å². The first-order valence-electron chi connectivity index (χ1n) is 5.60. The molecular weight excluding hydrogens is 206 g/mol. The molecule has 4 heteroatoms.